The predicted molar refractivity (Wildman–Crippen MR) is 95.5 cm³/mol. The summed E-state index contributed by atoms with van der Waals surface area (Å²) in [6.45, 7) is 3.72. The molecule has 4 nitrogen and oxygen atoms in total. The molecule has 0 bridgehead atoms. The van der Waals surface area contributed by atoms with Gasteiger partial charge in [0.05, 0.1) is 15.6 Å². The maximum Gasteiger partial charge on any atom is 0.338 e. The number of amides is 1. The van der Waals surface area contributed by atoms with E-state index in [1.165, 1.54) is 0 Å². The van der Waals surface area contributed by atoms with Crippen LogP contribution in [0.2, 0.25) is 10.0 Å². The van der Waals surface area contributed by atoms with Crippen molar-refractivity contribution in [1.29, 1.82) is 0 Å². The molecule has 0 saturated carbocycles. The van der Waals surface area contributed by atoms with Gasteiger partial charge in [0.1, 0.15) is 6.61 Å². The summed E-state index contributed by atoms with van der Waals surface area (Å²) in [6.07, 6.45) is 0. The summed E-state index contributed by atoms with van der Waals surface area (Å²) in [7, 11) is 0. The summed E-state index contributed by atoms with van der Waals surface area (Å²) in [4.78, 5) is 23.7. The fourth-order valence-electron chi connectivity index (χ4n) is 1.84. The molecule has 1 N–H and O–H groups in total. The number of ether oxygens (including phenoxy) is 1. The van der Waals surface area contributed by atoms with Gasteiger partial charge in [-0.1, -0.05) is 43.1 Å². The number of rotatable bonds is 5. The maximum atomic E-state index is 12.0. The highest BCUT2D eigenvalue weighted by Gasteiger charge is 2.10. The molecule has 1 amide bonds. The van der Waals surface area contributed by atoms with Crippen LogP contribution >= 0.6 is 23.2 Å². The quantitative estimate of drug-likeness (QED) is 0.763. The fraction of sp³-hybridized carbons (Fsp3) is 0.222. The highest BCUT2D eigenvalue weighted by atomic mass is 35.5. The van der Waals surface area contributed by atoms with E-state index < -0.39 is 5.97 Å². The van der Waals surface area contributed by atoms with Crippen LogP contribution in [0.4, 0.5) is 5.69 Å². The summed E-state index contributed by atoms with van der Waals surface area (Å²) in [5, 5.41) is 3.62. The van der Waals surface area contributed by atoms with E-state index in [-0.39, 0.29) is 18.4 Å². The van der Waals surface area contributed by atoms with E-state index in [2.05, 4.69) is 5.32 Å². The average Bonchev–Trinajstić information content (AvgIpc) is 2.56. The van der Waals surface area contributed by atoms with Crippen molar-refractivity contribution >= 4 is 40.8 Å². The monoisotopic (exact) mass is 365 g/mol. The number of hydrogen-bond donors (Lipinski definition) is 1. The van der Waals surface area contributed by atoms with E-state index in [1.807, 2.05) is 13.8 Å². The van der Waals surface area contributed by atoms with Gasteiger partial charge < -0.3 is 10.1 Å². The normalized spacial score (nSPS) is 10.5. The minimum Gasteiger partial charge on any atom is -0.457 e. The molecule has 0 spiro atoms. The number of hydrogen-bond acceptors (Lipinski definition) is 3. The lowest BCUT2D eigenvalue weighted by molar-refractivity contribution is -0.118. The molecule has 24 heavy (non-hydrogen) atoms. The predicted octanol–water partition coefficient (Wildman–Crippen LogP) is 4.94. The van der Waals surface area contributed by atoms with Gasteiger partial charge in [0.25, 0.3) is 0 Å². The van der Waals surface area contributed by atoms with Gasteiger partial charge in [0.15, 0.2) is 0 Å². The third-order valence-corrected chi connectivity index (χ3v) is 4.01. The number of benzene rings is 2. The molecule has 0 heterocycles. The Bertz CT molecular complexity index is 742. The Hall–Kier alpha value is -2.04. The highest BCUT2D eigenvalue weighted by molar-refractivity contribution is 6.42. The Balaban J connectivity index is 1.94. The number of anilines is 1. The lowest BCUT2D eigenvalue weighted by atomic mass is 10.1. The molecule has 0 atom stereocenters. The van der Waals surface area contributed by atoms with E-state index in [0.717, 1.165) is 5.56 Å². The third kappa shape index (κ3) is 4.98. The molecule has 0 aliphatic rings. The number of carbonyl (C=O) groups is 2. The first-order valence-corrected chi connectivity index (χ1v) is 8.14. The summed E-state index contributed by atoms with van der Waals surface area (Å²) in [5.41, 5.74) is 1.78. The summed E-state index contributed by atoms with van der Waals surface area (Å²) in [5.74, 6) is -0.645. The second kappa shape index (κ2) is 8.18. The van der Waals surface area contributed by atoms with Crippen LogP contribution in [-0.4, -0.2) is 11.9 Å². The van der Waals surface area contributed by atoms with E-state index in [4.69, 9.17) is 27.9 Å². The minimum absolute atomic E-state index is 0.0788. The van der Waals surface area contributed by atoms with Crippen LogP contribution in [0.5, 0.6) is 0 Å². The zero-order valence-electron chi connectivity index (χ0n) is 13.3. The van der Waals surface area contributed by atoms with Gasteiger partial charge in [-0.3, -0.25) is 4.79 Å². The second-order valence-electron chi connectivity index (χ2n) is 5.55. The summed E-state index contributed by atoms with van der Waals surface area (Å²) < 4.78 is 5.24. The number of nitrogens with one attached hydrogen (secondary N) is 1. The smallest absolute Gasteiger partial charge is 0.338 e. The molecular weight excluding hydrogens is 349 g/mol. The van der Waals surface area contributed by atoms with Crippen molar-refractivity contribution in [2.75, 3.05) is 5.32 Å². The van der Waals surface area contributed by atoms with Gasteiger partial charge in [-0.2, -0.15) is 0 Å². The van der Waals surface area contributed by atoms with Gasteiger partial charge >= 0.3 is 5.97 Å². The first-order valence-electron chi connectivity index (χ1n) is 7.39. The average molecular weight is 366 g/mol. The van der Waals surface area contributed by atoms with Gasteiger partial charge in [0, 0.05) is 11.6 Å². The van der Waals surface area contributed by atoms with Crippen molar-refractivity contribution in [2.24, 2.45) is 5.92 Å². The first-order chi connectivity index (χ1) is 11.4. The molecule has 2 rings (SSSR count). The van der Waals surface area contributed by atoms with Gasteiger partial charge in [-0.05, 0) is 42.0 Å². The molecule has 0 unspecified atom stereocenters. The lowest BCUT2D eigenvalue weighted by Gasteiger charge is -2.09. The minimum atomic E-state index is -0.456. The van der Waals surface area contributed by atoms with Crippen molar-refractivity contribution in [3.63, 3.8) is 0 Å². The zero-order chi connectivity index (χ0) is 17.7. The van der Waals surface area contributed by atoms with Crippen molar-refractivity contribution in [1.82, 2.24) is 0 Å². The standard InChI is InChI=1S/C18H17Cl2NO3/c1-11(2)17(22)21-14-6-4-13(5-7-14)18(23)24-10-12-3-8-15(19)16(20)9-12/h3-9,11H,10H2,1-2H3,(H,21,22). The van der Waals surface area contributed by atoms with E-state index in [0.29, 0.717) is 21.3 Å². The topological polar surface area (TPSA) is 55.4 Å². The van der Waals surface area contributed by atoms with E-state index >= 15 is 0 Å². The Labute approximate surface area is 150 Å². The molecule has 2 aromatic rings. The molecule has 0 saturated heterocycles. The van der Waals surface area contributed by atoms with Gasteiger partial charge in [-0.25, -0.2) is 4.79 Å². The molecule has 0 aliphatic heterocycles. The largest absolute Gasteiger partial charge is 0.457 e. The number of halogens is 2. The number of carbonyl (C=O) groups excluding carboxylic acids is 2. The van der Waals surface area contributed by atoms with Crippen molar-refractivity contribution in [2.45, 2.75) is 20.5 Å². The summed E-state index contributed by atoms with van der Waals surface area (Å²) >= 11 is 11.8. The van der Waals surface area contributed by atoms with Crippen LogP contribution in [-0.2, 0) is 16.1 Å². The summed E-state index contributed by atoms with van der Waals surface area (Å²) in [6, 6.07) is 11.6. The SMILES string of the molecule is CC(C)C(=O)Nc1ccc(C(=O)OCc2ccc(Cl)c(Cl)c2)cc1. The van der Waals surface area contributed by atoms with Gasteiger partial charge in [0.2, 0.25) is 5.91 Å². The van der Waals surface area contributed by atoms with Gasteiger partial charge in [-0.15, -0.1) is 0 Å². The molecule has 0 aliphatic carbocycles. The molecular formula is C18H17Cl2NO3. The van der Waals surface area contributed by atoms with Crippen LogP contribution < -0.4 is 5.32 Å². The van der Waals surface area contributed by atoms with E-state index in [1.54, 1.807) is 42.5 Å². The molecule has 0 aromatic heterocycles. The number of esters is 1. The van der Waals surface area contributed by atoms with Crippen LogP contribution in [0.25, 0.3) is 0 Å². The van der Waals surface area contributed by atoms with Crippen LogP contribution in [0.1, 0.15) is 29.8 Å². The van der Waals surface area contributed by atoms with Crippen LogP contribution in [0, 0.1) is 5.92 Å². The van der Waals surface area contributed by atoms with Crippen molar-refractivity contribution < 1.29 is 14.3 Å². The van der Waals surface area contributed by atoms with Crippen molar-refractivity contribution in [3.8, 4) is 0 Å². The molecule has 2 aromatic carbocycles. The highest BCUT2D eigenvalue weighted by Crippen LogP contribution is 2.23. The van der Waals surface area contributed by atoms with Crippen LogP contribution in [0.15, 0.2) is 42.5 Å². The zero-order valence-corrected chi connectivity index (χ0v) is 14.8. The second-order valence-corrected chi connectivity index (χ2v) is 6.36. The molecule has 6 heteroatoms. The Morgan fingerprint density at radius 1 is 1.04 bits per heavy atom. The third-order valence-electron chi connectivity index (χ3n) is 3.27. The Morgan fingerprint density at radius 3 is 2.29 bits per heavy atom. The molecule has 0 radical (unpaired) electrons. The fourth-order valence-corrected chi connectivity index (χ4v) is 2.16. The Morgan fingerprint density at radius 2 is 1.71 bits per heavy atom. The lowest BCUT2D eigenvalue weighted by Crippen LogP contribution is -2.17. The molecule has 0 fully saturated rings. The Kier molecular flexibility index (Phi) is 6.23. The molecule has 126 valence electrons. The first kappa shape index (κ1) is 18.3. The van der Waals surface area contributed by atoms with Crippen LogP contribution in [0.3, 0.4) is 0 Å². The maximum absolute atomic E-state index is 12.0. The van der Waals surface area contributed by atoms with E-state index in [9.17, 15) is 9.59 Å². The van der Waals surface area contributed by atoms with Crippen molar-refractivity contribution in [3.05, 3.63) is 63.6 Å².